The summed E-state index contributed by atoms with van der Waals surface area (Å²) >= 11 is 3.47. The van der Waals surface area contributed by atoms with Crippen LogP contribution in [-0.2, 0) is 39.0 Å². The number of aryl methyl sites for hydroxylation is 1. The molecule has 0 aliphatic carbocycles. The first-order valence-corrected chi connectivity index (χ1v) is 17.5. The minimum atomic E-state index is -4.12. The Morgan fingerprint density at radius 2 is 1.38 bits per heavy atom. The Bertz CT molecular complexity index is 1630. The number of anilines is 1. The van der Waals surface area contributed by atoms with Gasteiger partial charge in [-0.2, -0.15) is 0 Å². The molecule has 45 heavy (non-hydrogen) atoms. The molecule has 1 atom stereocenters. The van der Waals surface area contributed by atoms with Crippen molar-refractivity contribution < 1.29 is 18.0 Å². The lowest BCUT2D eigenvalue weighted by atomic mass is 10.0. The van der Waals surface area contributed by atoms with Crippen LogP contribution in [0.3, 0.4) is 0 Å². The van der Waals surface area contributed by atoms with E-state index in [1.54, 1.807) is 30.3 Å². The summed E-state index contributed by atoms with van der Waals surface area (Å²) < 4.78 is 30.2. The standard InChI is InChI=1S/C36H40BrN3O4S/c1-3-5-24-38-36(42)34(25-29-12-8-6-9-13-29)39(26-30-16-20-31(37)21-17-30)35(41)27-40(32-22-18-28(4-2)19-23-32)45(43,44)33-14-10-7-11-15-33/h6-23,34H,3-5,24-27H2,1-2H3,(H,38,42). The second-order valence-corrected chi connectivity index (χ2v) is 13.6. The smallest absolute Gasteiger partial charge is 0.264 e. The first-order chi connectivity index (χ1) is 21.7. The lowest BCUT2D eigenvalue weighted by Gasteiger charge is -2.34. The van der Waals surface area contributed by atoms with E-state index >= 15 is 0 Å². The van der Waals surface area contributed by atoms with Crippen molar-refractivity contribution in [3.63, 3.8) is 0 Å². The molecule has 0 aliphatic heterocycles. The van der Waals surface area contributed by atoms with Crippen LogP contribution in [0.5, 0.6) is 0 Å². The Kier molecular flexibility index (Phi) is 12.4. The maximum atomic E-state index is 14.5. The molecular formula is C36H40BrN3O4S. The molecule has 0 spiro atoms. The summed E-state index contributed by atoms with van der Waals surface area (Å²) in [5, 5.41) is 3.02. The van der Waals surface area contributed by atoms with Gasteiger partial charge in [-0.15, -0.1) is 0 Å². The van der Waals surface area contributed by atoms with Crippen LogP contribution in [0.25, 0.3) is 0 Å². The summed E-state index contributed by atoms with van der Waals surface area (Å²) in [6.45, 7) is 4.20. The maximum Gasteiger partial charge on any atom is 0.264 e. The van der Waals surface area contributed by atoms with Crippen LogP contribution in [0, 0.1) is 0 Å². The van der Waals surface area contributed by atoms with Crippen molar-refractivity contribution in [2.45, 2.75) is 57.0 Å². The molecule has 0 radical (unpaired) electrons. The third kappa shape index (κ3) is 9.28. The third-order valence-corrected chi connectivity index (χ3v) is 9.93. The van der Waals surface area contributed by atoms with Crippen molar-refractivity contribution in [1.29, 1.82) is 0 Å². The van der Waals surface area contributed by atoms with E-state index in [4.69, 9.17) is 0 Å². The number of halogens is 1. The summed E-state index contributed by atoms with van der Waals surface area (Å²) in [4.78, 5) is 29.9. The van der Waals surface area contributed by atoms with Gasteiger partial charge in [0.2, 0.25) is 11.8 Å². The Morgan fingerprint density at radius 3 is 1.98 bits per heavy atom. The van der Waals surface area contributed by atoms with E-state index in [1.807, 2.05) is 80.6 Å². The summed E-state index contributed by atoms with van der Waals surface area (Å²) in [6, 6.07) is 31.5. The van der Waals surface area contributed by atoms with Crippen LogP contribution >= 0.6 is 15.9 Å². The molecule has 1 N–H and O–H groups in total. The molecule has 0 heterocycles. The van der Waals surface area contributed by atoms with Crippen LogP contribution in [0.1, 0.15) is 43.4 Å². The van der Waals surface area contributed by atoms with Crippen molar-refractivity contribution in [3.05, 3.63) is 130 Å². The molecule has 4 aromatic rings. The zero-order valence-electron chi connectivity index (χ0n) is 25.7. The van der Waals surface area contributed by atoms with Gasteiger partial charge in [0.25, 0.3) is 10.0 Å². The van der Waals surface area contributed by atoms with Crippen molar-refractivity contribution >= 4 is 43.5 Å². The number of amides is 2. The monoisotopic (exact) mass is 689 g/mol. The molecule has 9 heteroatoms. The Balaban J connectivity index is 1.77. The average Bonchev–Trinajstić information content (AvgIpc) is 3.07. The molecule has 0 saturated heterocycles. The van der Waals surface area contributed by atoms with E-state index in [2.05, 4.69) is 21.2 Å². The Labute approximate surface area is 275 Å². The van der Waals surface area contributed by atoms with Gasteiger partial charge >= 0.3 is 0 Å². The van der Waals surface area contributed by atoms with Gasteiger partial charge in [-0.3, -0.25) is 13.9 Å². The van der Waals surface area contributed by atoms with Crippen molar-refractivity contribution in [1.82, 2.24) is 10.2 Å². The van der Waals surface area contributed by atoms with Crippen molar-refractivity contribution in [2.75, 3.05) is 17.4 Å². The maximum absolute atomic E-state index is 14.5. The fraction of sp³-hybridized carbons (Fsp3) is 0.278. The van der Waals surface area contributed by atoms with Gasteiger partial charge in [-0.1, -0.05) is 109 Å². The molecular weight excluding hydrogens is 650 g/mol. The van der Waals surface area contributed by atoms with Crippen LogP contribution in [-0.4, -0.2) is 44.3 Å². The number of carbonyl (C=O) groups excluding carboxylic acids is 2. The molecule has 4 aromatic carbocycles. The third-order valence-electron chi connectivity index (χ3n) is 7.61. The summed E-state index contributed by atoms with van der Waals surface area (Å²) in [5.41, 5.74) is 3.13. The number of hydrogen-bond donors (Lipinski definition) is 1. The quantitative estimate of drug-likeness (QED) is 0.140. The number of rotatable bonds is 15. The van der Waals surface area contributed by atoms with Crippen LogP contribution in [0.2, 0.25) is 0 Å². The highest BCUT2D eigenvalue weighted by atomic mass is 79.9. The van der Waals surface area contributed by atoms with Gasteiger partial charge < -0.3 is 10.2 Å². The van der Waals surface area contributed by atoms with Crippen LogP contribution in [0.15, 0.2) is 119 Å². The molecule has 2 amide bonds. The minimum absolute atomic E-state index is 0.0787. The van der Waals surface area contributed by atoms with E-state index < -0.39 is 28.5 Å². The zero-order chi connectivity index (χ0) is 32.2. The van der Waals surface area contributed by atoms with Gasteiger partial charge in [0, 0.05) is 24.0 Å². The highest BCUT2D eigenvalue weighted by Gasteiger charge is 2.34. The average molecular weight is 691 g/mol. The SMILES string of the molecule is CCCCNC(=O)C(Cc1ccccc1)N(Cc1ccc(Br)cc1)C(=O)CN(c1ccc(CC)cc1)S(=O)(=O)c1ccccc1. The fourth-order valence-electron chi connectivity index (χ4n) is 4.99. The second kappa shape index (κ2) is 16.4. The molecule has 0 saturated carbocycles. The summed E-state index contributed by atoms with van der Waals surface area (Å²) in [6.07, 6.45) is 2.78. The molecule has 0 bridgehead atoms. The van der Waals surface area contributed by atoms with Gasteiger partial charge in [0.1, 0.15) is 12.6 Å². The fourth-order valence-corrected chi connectivity index (χ4v) is 6.69. The molecule has 4 rings (SSSR count). The van der Waals surface area contributed by atoms with Crippen molar-refractivity contribution in [3.8, 4) is 0 Å². The lowest BCUT2D eigenvalue weighted by molar-refractivity contribution is -0.140. The van der Waals surface area contributed by atoms with Gasteiger partial charge in [-0.05, 0) is 65.9 Å². The van der Waals surface area contributed by atoms with Crippen LogP contribution in [0.4, 0.5) is 5.69 Å². The van der Waals surface area contributed by atoms with E-state index in [0.29, 0.717) is 12.2 Å². The first kappa shape index (κ1) is 33.9. The van der Waals surface area contributed by atoms with E-state index in [-0.39, 0.29) is 23.8 Å². The van der Waals surface area contributed by atoms with Gasteiger partial charge in [0.05, 0.1) is 10.6 Å². The van der Waals surface area contributed by atoms with Gasteiger partial charge in [0.15, 0.2) is 0 Å². The Morgan fingerprint density at radius 1 is 0.778 bits per heavy atom. The highest BCUT2D eigenvalue weighted by molar-refractivity contribution is 9.10. The van der Waals surface area contributed by atoms with Crippen LogP contribution < -0.4 is 9.62 Å². The predicted octanol–water partition coefficient (Wildman–Crippen LogP) is 6.76. The highest BCUT2D eigenvalue weighted by Crippen LogP contribution is 2.26. The zero-order valence-corrected chi connectivity index (χ0v) is 28.1. The Hall–Kier alpha value is -3.95. The number of sulfonamides is 1. The largest absolute Gasteiger partial charge is 0.354 e. The molecule has 7 nitrogen and oxygen atoms in total. The number of benzene rings is 4. The molecule has 236 valence electrons. The molecule has 0 fully saturated rings. The number of nitrogens with one attached hydrogen (secondary N) is 1. The second-order valence-electron chi connectivity index (χ2n) is 10.8. The molecule has 0 aliphatic rings. The van der Waals surface area contributed by atoms with E-state index in [0.717, 1.165) is 44.7 Å². The van der Waals surface area contributed by atoms with E-state index in [9.17, 15) is 18.0 Å². The predicted molar refractivity (Wildman–Crippen MR) is 183 cm³/mol. The molecule has 0 aromatic heterocycles. The van der Waals surface area contributed by atoms with Crippen molar-refractivity contribution in [2.24, 2.45) is 0 Å². The van der Waals surface area contributed by atoms with E-state index in [1.165, 1.54) is 17.0 Å². The normalized spacial score (nSPS) is 11.9. The molecule has 1 unspecified atom stereocenters. The number of hydrogen-bond acceptors (Lipinski definition) is 4. The number of nitrogens with zero attached hydrogens (tertiary/aromatic N) is 2. The topological polar surface area (TPSA) is 86.8 Å². The summed E-state index contributed by atoms with van der Waals surface area (Å²) in [7, 11) is -4.12. The minimum Gasteiger partial charge on any atom is -0.354 e. The lowest BCUT2D eigenvalue weighted by Crippen LogP contribution is -2.53. The van der Waals surface area contributed by atoms with Gasteiger partial charge in [-0.25, -0.2) is 8.42 Å². The first-order valence-electron chi connectivity index (χ1n) is 15.2. The number of unbranched alkanes of at least 4 members (excludes halogenated alkanes) is 1. The summed E-state index contributed by atoms with van der Waals surface area (Å²) in [5.74, 6) is -0.758. The number of carbonyl (C=O) groups is 2.